The molecule has 0 amide bonds. The largest absolute Gasteiger partial charge is 0.389 e. The summed E-state index contributed by atoms with van der Waals surface area (Å²) in [6, 6.07) is 6.54. The van der Waals surface area contributed by atoms with E-state index in [0.717, 1.165) is 16.3 Å². The minimum absolute atomic E-state index is 0.645. The first-order valence-electron chi connectivity index (χ1n) is 6.98. The zero-order valence-corrected chi connectivity index (χ0v) is 12.4. The van der Waals surface area contributed by atoms with Gasteiger partial charge in [0.25, 0.3) is 0 Å². The van der Waals surface area contributed by atoms with E-state index in [0.29, 0.717) is 5.92 Å². The average Bonchev–Trinajstić information content (AvgIpc) is 2.95. The van der Waals surface area contributed by atoms with Gasteiger partial charge in [-0.25, -0.2) is 4.98 Å². The van der Waals surface area contributed by atoms with Crippen LogP contribution in [0.4, 0.5) is 5.00 Å². The Bertz CT molecular complexity index is 575. The van der Waals surface area contributed by atoms with Crippen LogP contribution in [0.1, 0.15) is 47.7 Å². The average molecular weight is 272 g/mol. The van der Waals surface area contributed by atoms with Gasteiger partial charge in [-0.15, -0.1) is 11.3 Å². The molecule has 1 fully saturated rings. The SMILES string of the molecule is Cc1cc(C)cc(-c2nc(C3CCCC3)sc2N)c1. The summed E-state index contributed by atoms with van der Waals surface area (Å²) in [5.74, 6) is 0.645. The number of aryl methyl sites for hydroxylation is 2. The molecule has 2 aromatic rings. The second-order valence-corrected chi connectivity index (χ2v) is 6.68. The van der Waals surface area contributed by atoms with Crippen molar-refractivity contribution in [3.8, 4) is 11.3 Å². The number of rotatable bonds is 2. The lowest BCUT2D eigenvalue weighted by Crippen LogP contribution is -1.91. The number of hydrogen-bond donors (Lipinski definition) is 1. The van der Waals surface area contributed by atoms with E-state index in [-0.39, 0.29) is 0 Å². The molecule has 1 aromatic heterocycles. The van der Waals surface area contributed by atoms with Crippen LogP contribution in [0.15, 0.2) is 18.2 Å². The van der Waals surface area contributed by atoms with Crippen molar-refractivity contribution in [2.24, 2.45) is 0 Å². The number of anilines is 1. The Balaban J connectivity index is 2.00. The molecule has 0 spiro atoms. The lowest BCUT2D eigenvalue weighted by atomic mass is 10.1. The third-order valence-electron chi connectivity index (χ3n) is 3.87. The van der Waals surface area contributed by atoms with Gasteiger partial charge in [-0.3, -0.25) is 0 Å². The third-order valence-corrected chi connectivity index (χ3v) is 4.92. The highest BCUT2D eigenvalue weighted by Gasteiger charge is 2.22. The van der Waals surface area contributed by atoms with E-state index in [1.165, 1.54) is 41.8 Å². The van der Waals surface area contributed by atoms with Gasteiger partial charge < -0.3 is 5.73 Å². The Hall–Kier alpha value is -1.35. The van der Waals surface area contributed by atoms with Crippen molar-refractivity contribution in [2.45, 2.75) is 45.4 Å². The van der Waals surface area contributed by atoms with Crippen molar-refractivity contribution in [1.29, 1.82) is 0 Å². The lowest BCUT2D eigenvalue weighted by Gasteiger charge is -2.04. The third kappa shape index (κ3) is 2.52. The Labute approximate surface area is 118 Å². The fourth-order valence-electron chi connectivity index (χ4n) is 3.01. The van der Waals surface area contributed by atoms with E-state index in [9.17, 15) is 0 Å². The Morgan fingerprint density at radius 3 is 2.37 bits per heavy atom. The maximum atomic E-state index is 6.20. The van der Waals surface area contributed by atoms with Crippen molar-refractivity contribution >= 4 is 16.3 Å². The molecule has 0 radical (unpaired) electrons. The summed E-state index contributed by atoms with van der Waals surface area (Å²) in [7, 11) is 0. The second-order valence-electron chi connectivity index (χ2n) is 5.62. The van der Waals surface area contributed by atoms with E-state index in [4.69, 9.17) is 10.7 Å². The lowest BCUT2D eigenvalue weighted by molar-refractivity contribution is 0.717. The molecule has 1 heterocycles. The van der Waals surface area contributed by atoms with Crippen LogP contribution in [0.2, 0.25) is 0 Å². The van der Waals surface area contributed by atoms with Crippen LogP contribution in [0.25, 0.3) is 11.3 Å². The van der Waals surface area contributed by atoms with E-state index < -0.39 is 0 Å². The summed E-state index contributed by atoms with van der Waals surface area (Å²) in [6.45, 7) is 4.24. The van der Waals surface area contributed by atoms with Crippen molar-refractivity contribution in [2.75, 3.05) is 5.73 Å². The van der Waals surface area contributed by atoms with Gasteiger partial charge in [0.05, 0.1) is 5.01 Å². The number of nitrogens with zero attached hydrogens (tertiary/aromatic N) is 1. The fourth-order valence-corrected chi connectivity index (χ4v) is 4.04. The number of nitrogen functional groups attached to an aromatic ring is 1. The summed E-state index contributed by atoms with van der Waals surface area (Å²) in [5.41, 5.74) is 10.9. The molecule has 0 aliphatic heterocycles. The van der Waals surface area contributed by atoms with Gasteiger partial charge in [0.1, 0.15) is 10.7 Å². The standard InChI is InChI=1S/C16H20N2S/c1-10-7-11(2)9-13(8-10)14-15(17)19-16(18-14)12-5-3-4-6-12/h7-9,12H,3-6,17H2,1-2H3. The smallest absolute Gasteiger partial charge is 0.114 e. The summed E-state index contributed by atoms with van der Waals surface area (Å²) in [6.07, 6.45) is 5.23. The number of aromatic nitrogens is 1. The predicted molar refractivity (Wildman–Crippen MR) is 82.6 cm³/mol. The minimum atomic E-state index is 0.645. The van der Waals surface area contributed by atoms with Crippen LogP contribution >= 0.6 is 11.3 Å². The highest BCUT2D eigenvalue weighted by atomic mass is 32.1. The number of hydrogen-bond acceptors (Lipinski definition) is 3. The topological polar surface area (TPSA) is 38.9 Å². The van der Waals surface area contributed by atoms with E-state index >= 15 is 0 Å². The van der Waals surface area contributed by atoms with Crippen molar-refractivity contribution < 1.29 is 0 Å². The molecule has 0 unspecified atom stereocenters. The van der Waals surface area contributed by atoms with Crippen LogP contribution in [-0.4, -0.2) is 4.98 Å². The summed E-state index contributed by atoms with van der Waals surface area (Å²) >= 11 is 1.68. The fraction of sp³-hybridized carbons (Fsp3) is 0.438. The zero-order valence-electron chi connectivity index (χ0n) is 11.6. The molecule has 0 atom stereocenters. The molecule has 100 valence electrons. The predicted octanol–water partition coefficient (Wildman–Crippen LogP) is 4.67. The van der Waals surface area contributed by atoms with E-state index in [1.807, 2.05) is 0 Å². The molecular formula is C16H20N2S. The first-order chi connectivity index (χ1) is 9.13. The normalized spacial score (nSPS) is 16.1. The summed E-state index contributed by atoms with van der Waals surface area (Å²) < 4.78 is 0. The van der Waals surface area contributed by atoms with Crippen LogP contribution in [0.5, 0.6) is 0 Å². The van der Waals surface area contributed by atoms with E-state index in [1.54, 1.807) is 11.3 Å². The van der Waals surface area contributed by atoms with Crippen molar-refractivity contribution in [3.05, 3.63) is 34.3 Å². The number of thiazole rings is 1. The Morgan fingerprint density at radius 2 is 1.74 bits per heavy atom. The van der Waals surface area contributed by atoms with E-state index in [2.05, 4.69) is 32.0 Å². The first-order valence-corrected chi connectivity index (χ1v) is 7.80. The maximum absolute atomic E-state index is 6.20. The van der Waals surface area contributed by atoms with Crippen LogP contribution in [-0.2, 0) is 0 Å². The molecule has 0 saturated heterocycles. The maximum Gasteiger partial charge on any atom is 0.114 e. The minimum Gasteiger partial charge on any atom is -0.389 e. The first kappa shape index (κ1) is 12.7. The van der Waals surface area contributed by atoms with Crippen LogP contribution in [0, 0.1) is 13.8 Å². The molecular weight excluding hydrogens is 252 g/mol. The molecule has 3 heteroatoms. The van der Waals surface area contributed by atoms with Gasteiger partial charge in [0.2, 0.25) is 0 Å². The molecule has 1 saturated carbocycles. The summed E-state index contributed by atoms with van der Waals surface area (Å²) in [4.78, 5) is 4.84. The molecule has 1 aliphatic rings. The Kier molecular flexibility index (Phi) is 3.31. The summed E-state index contributed by atoms with van der Waals surface area (Å²) in [5, 5.41) is 2.11. The highest BCUT2D eigenvalue weighted by Crippen LogP contribution is 2.40. The molecule has 2 nitrogen and oxygen atoms in total. The van der Waals surface area contributed by atoms with Gasteiger partial charge in [-0.2, -0.15) is 0 Å². The number of nitrogens with two attached hydrogens (primary N) is 1. The van der Waals surface area contributed by atoms with Crippen molar-refractivity contribution in [3.63, 3.8) is 0 Å². The monoisotopic (exact) mass is 272 g/mol. The zero-order chi connectivity index (χ0) is 13.4. The second kappa shape index (κ2) is 4.97. The number of benzene rings is 1. The van der Waals surface area contributed by atoms with Gasteiger partial charge in [0.15, 0.2) is 0 Å². The quantitative estimate of drug-likeness (QED) is 0.863. The Morgan fingerprint density at radius 1 is 1.11 bits per heavy atom. The molecule has 1 aliphatic carbocycles. The van der Waals surface area contributed by atoms with Gasteiger partial charge in [-0.05, 0) is 38.8 Å². The van der Waals surface area contributed by atoms with Crippen LogP contribution < -0.4 is 5.73 Å². The molecule has 1 aromatic carbocycles. The van der Waals surface area contributed by atoms with Crippen molar-refractivity contribution in [1.82, 2.24) is 4.98 Å². The van der Waals surface area contributed by atoms with Gasteiger partial charge in [-0.1, -0.05) is 30.0 Å². The highest BCUT2D eigenvalue weighted by molar-refractivity contribution is 7.16. The molecule has 0 bridgehead atoms. The molecule has 2 N–H and O–H groups in total. The van der Waals surface area contributed by atoms with Gasteiger partial charge in [0, 0.05) is 11.5 Å². The van der Waals surface area contributed by atoms with Crippen LogP contribution in [0.3, 0.4) is 0 Å². The van der Waals surface area contributed by atoms with Gasteiger partial charge >= 0.3 is 0 Å². The molecule has 19 heavy (non-hydrogen) atoms. The molecule has 3 rings (SSSR count).